The van der Waals surface area contributed by atoms with E-state index in [1.165, 1.54) is 4.31 Å². The number of sulfonamides is 1. The molecule has 3 aromatic rings. The molecule has 0 bridgehead atoms. The third kappa shape index (κ3) is 5.42. The second-order valence-corrected chi connectivity index (χ2v) is 11.7. The van der Waals surface area contributed by atoms with Gasteiger partial charge in [-0.15, -0.1) is 0 Å². The van der Waals surface area contributed by atoms with Gasteiger partial charge in [-0.1, -0.05) is 18.2 Å². The molecule has 1 aromatic heterocycles. The van der Waals surface area contributed by atoms with Crippen LogP contribution < -0.4 is 10.2 Å². The van der Waals surface area contributed by atoms with Gasteiger partial charge in [0.2, 0.25) is 15.9 Å². The van der Waals surface area contributed by atoms with E-state index in [-0.39, 0.29) is 23.3 Å². The number of para-hydroxylation sites is 1. The summed E-state index contributed by atoms with van der Waals surface area (Å²) in [5.41, 5.74) is 3.31. The topological polar surface area (TPSA) is 110 Å². The number of likely N-dealkylation sites (N-methyl/N-ethyl adjacent to an activating group) is 1. The molecule has 0 atom stereocenters. The smallest absolute Gasteiger partial charge is 0.258 e. The van der Waals surface area contributed by atoms with Gasteiger partial charge in [0.1, 0.15) is 6.54 Å². The summed E-state index contributed by atoms with van der Waals surface area (Å²) < 4.78 is 40.4. The van der Waals surface area contributed by atoms with Crippen LogP contribution in [-0.2, 0) is 35.6 Å². The Morgan fingerprint density at radius 2 is 1.93 bits per heavy atom. The van der Waals surface area contributed by atoms with Crippen molar-refractivity contribution in [2.24, 2.45) is 0 Å². The number of methoxy groups -OCH3 is 1. The van der Waals surface area contributed by atoms with Gasteiger partial charge in [0.15, 0.2) is 0 Å². The zero-order valence-corrected chi connectivity index (χ0v) is 23.6. The number of morpholine rings is 1. The van der Waals surface area contributed by atoms with Crippen LogP contribution in [0.25, 0.3) is 22.6 Å². The molecule has 2 aromatic carbocycles. The fourth-order valence-corrected chi connectivity index (χ4v) is 6.65. The maximum absolute atomic E-state index is 13.6. The van der Waals surface area contributed by atoms with Crippen LogP contribution in [0.3, 0.4) is 0 Å². The second-order valence-electron chi connectivity index (χ2n) is 9.73. The lowest BCUT2D eigenvalue weighted by atomic mass is 10.0. The number of fused-ring (bicyclic) bond motifs is 2. The van der Waals surface area contributed by atoms with Crippen LogP contribution in [0.1, 0.15) is 24.5 Å². The first kappa shape index (κ1) is 28.0. The molecular weight excluding hydrogens is 532 g/mol. The number of hydrogen-bond acceptors (Lipinski definition) is 6. The summed E-state index contributed by atoms with van der Waals surface area (Å²) in [5.74, 6) is -0.306. The van der Waals surface area contributed by atoms with Crippen molar-refractivity contribution in [2.75, 3.05) is 58.0 Å². The first-order valence-electron chi connectivity index (χ1n) is 13.4. The Morgan fingerprint density at radius 3 is 2.67 bits per heavy atom. The van der Waals surface area contributed by atoms with Crippen molar-refractivity contribution >= 4 is 50.1 Å². The van der Waals surface area contributed by atoms with E-state index in [9.17, 15) is 18.0 Å². The predicted octanol–water partition coefficient (Wildman–Crippen LogP) is 2.72. The predicted molar refractivity (Wildman–Crippen MR) is 153 cm³/mol. The van der Waals surface area contributed by atoms with Crippen LogP contribution in [-0.4, -0.2) is 82.2 Å². The number of nitrogens with one attached hydrogen (secondary N) is 1. The minimum Gasteiger partial charge on any atom is -0.385 e. The molecule has 1 fully saturated rings. The third-order valence-electron chi connectivity index (χ3n) is 7.23. The summed E-state index contributed by atoms with van der Waals surface area (Å²) in [6.07, 6.45) is 4.39. The molecule has 0 aliphatic carbocycles. The maximum atomic E-state index is 13.6. The number of benzene rings is 2. The SMILES string of the molecule is CCN1C(=O)/C(=C\c2cn(CC(=O)NCCCOC)c3ccccc23)c2cc(S(=O)(=O)N3CCOCC3)ccc21. The van der Waals surface area contributed by atoms with Gasteiger partial charge in [-0.3, -0.25) is 9.59 Å². The van der Waals surface area contributed by atoms with E-state index < -0.39 is 10.0 Å². The van der Waals surface area contributed by atoms with E-state index in [2.05, 4.69) is 5.32 Å². The Labute approximate surface area is 234 Å². The summed E-state index contributed by atoms with van der Waals surface area (Å²) in [7, 11) is -2.11. The first-order valence-corrected chi connectivity index (χ1v) is 14.9. The minimum atomic E-state index is -3.74. The third-order valence-corrected chi connectivity index (χ3v) is 9.12. The van der Waals surface area contributed by atoms with Gasteiger partial charge >= 0.3 is 0 Å². The number of aromatic nitrogens is 1. The maximum Gasteiger partial charge on any atom is 0.258 e. The Hall–Kier alpha value is -3.51. The molecule has 2 amide bonds. The number of carbonyl (C=O) groups excluding carboxylic acids is 2. The lowest BCUT2D eigenvalue weighted by Gasteiger charge is -2.26. The average molecular weight is 567 g/mol. The lowest BCUT2D eigenvalue weighted by molar-refractivity contribution is -0.121. The van der Waals surface area contributed by atoms with Gasteiger partial charge in [0, 0.05) is 73.7 Å². The number of rotatable bonds is 10. The molecule has 3 heterocycles. The Morgan fingerprint density at radius 1 is 1.15 bits per heavy atom. The Bertz CT molecular complexity index is 1560. The number of anilines is 1. The number of ether oxygens (including phenoxy) is 2. The lowest BCUT2D eigenvalue weighted by Crippen LogP contribution is -2.40. The number of amides is 2. The van der Waals surface area contributed by atoms with Crippen LogP contribution in [0.5, 0.6) is 0 Å². The summed E-state index contributed by atoms with van der Waals surface area (Å²) in [4.78, 5) is 28.0. The molecular formula is C29H34N4O6S. The normalized spacial score (nSPS) is 17.1. The number of hydrogen-bond donors (Lipinski definition) is 1. The highest BCUT2D eigenvalue weighted by atomic mass is 32.2. The van der Waals surface area contributed by atoms with Gasteiger partial charge in [-0.05, 0) is 43.7 Å². The molecule has 2 aliphatic rings. The van der Waals surface area contributed by atoms with Crippen molar-refractivity contribution in [1.29, 1.82) is 0 Å². The molecule has 0 spiro atoms. The Kier molecular flexibility index (Phi) is 8.36. The van der Waals surface area contributed by atoms with Crippen molar-refractivity contribution in [3.05, 3.63) is 59.8 Å². The summed E-state index contributed by atoms with van der Waals surface area (Å²) in [5, 5.41) is 3.80. The number of carbonyl (C=O) groups is 2. The zero-order valence-electron chi connectivity index (χ0n) is 22.8. The van der Waals surface area contributed by atoms with Crippen molar-refractivity contribution in [3.8, 4) is 0 Å². The van der Waals surface area contributed by atoms with E-state index >= 15 is 0 Å². The van der Waals surface area contributed by atoms with E-state index in [1.54, 1.807) is 36.3 Å². The van der Waals surface area contributed by atoms with E-state index in [1.807, 2.05) is 42.0 Å². The first-order chi connectivity index (χ1) is 19.3. The van der Waals surface area contributed by atoms with Gasteiger partial charge in [0.25, 0.3) is 5.91 Å². The molecule has 1 N–H and O–H groups in total. The monoisotopic (exact) mass is 566 g/mol. The highest BCUT2D eigenvalue weighted by Crippen LogP contribution is 2.40. The quantitative estimate of drug-likeness (QED) is 0.299. The highest BCUT2D eigenvalue weighted by molar-refractivity contribution is 7.89. The largest absolute Gasteiger partial charge is 0.385 e. The standard InChI is InChI=1S/C29H34N4O6S/c1-3-33-27-10-9-22(40(36,37)32-12-15-39-16-13-32)18-24(27)25(29(33)35)17-21-19-31(26-8-5-4-7-23(21)26)20-28(34)30-11-6-14-38-2/h4-5,7-10,17-19H,3,6,11-16,20H2,1-2H3,(H,30,34)/b25-17-. The number of nitrogens with zero attached hydrogens (tertiary/aromatic N) is 3. The molecule has 10 nitrogen and oxygen atoms in total. The molecule has 40 heavy (non-hydrogen) atoms. The minimum absolute atomic E-state index is 0.117. The second kappa shape index (κ2) is 11.9. The Balaban J connectivity index is 1.52. The molecule has 11 heteroatoms. The van der Waals surface area contributed by atoms with E-state index in [0.29, 0.717) is 62.8 Å². The fourth-order valence-electron chi connectivity index (χ4n) is 5.22. The molecule has 212 valence electrons. The van der Waals surface area contributed by atoms with Gasteiger partial charge in [-0.2, -0.15) is 4.31 Å². The zero-order chi connectivity index (χ0) is 28.3. The van der Waals surface area contributed by atoms with Gasteiger partial charge in [0.05, 0.1) is 23.8 Å². The van der Waals surface area contributed by atoms with Gasteiger partial charge in [-0.25, -0.2) is 8.42 Å². The molecule has 0 radical (unpaired) electrons. The molecule has 5 rings (SSSR count). The van der Waals surface area contributed by atoms with Crippen molar-refractivity contribution in [2.45, 2.75) is 24.8 Å². The van der Waals surface area contributed by atoms with Crippen molar-refractivity contribution < 1.29 is 27.5 Å². The summed E-state index contributed by atoms with van der Waals surface area (Å²) >= 11 is 0. The van der Waals surface area contributed by atoms with Crippen molar-refractivity contribution in [3.63, 3.8) is 0 Å². The fraction of sp³-hybridized carbons (Fsp3) is 0.379. The van der Waals surface area contributed by atoms with E-state index in [4.69, 9.17) is 9.47 Å². The molecule has 2 aliphatic heterocycles. The molecule has 0 saturated carbocycles. The van der Waals surface area contributed by atoms with Crippen molar-refractivity contribution in [1.82, 2.24) is 14.2 Å². The summed E-state index contributed by atoms with van der Waals surface area (Å²) in [6.45, 7) is 4.86. The van der Waals surface area contributed by atoms with E-state index in [0.717, 1.165) is 22.9 Å². The van der Waals surface area contributed by atoms with Crippen LogP contribution in [0.2, 0.25) is 0 Å². The van der Waals surface area contributed by atoms with Gasteiger partial charge < -0.3 is 24.3 Å². The van der Waals surface area contributed by atoms with Crippen LogP contribution >= 0.6 is 0 Å². The molecule has 1 saturated heterocycles. The highest BCUT2D eigenvalue weighted by Gasteiger charge is 2.34. The average Bonchev–Trinajstić information content (AvgIpc) is 3.45. The van der Waals surface area contributed by atoms with Crippen LogP contribution in [0.4, 0.5) is 5.69 Å². The van der Waals surface area contributed by atoms with Crippen LogP contribution in [0.15, 0.2) is 53.6 Å². The van der Waals surface area contributed by atoms with Crippen LogP contribution in [0, 0.1) is 0 Å². The molecule has 0 unspecified atom stereocenters. The summed E-state index contributed by atoms with van der Waals surface area (Å²) in [6, 6.07) is 12.6.